The predicted molar refractivity (Wildman–Crippen MR) is 140 cm³/mol. The molecule has 0 unspecified atom stereocenters. The number of fused-ring (bicyclic) bond motifs is 1. The second-order valence-corrected chi connectivity index (χ2v) is 9.69. The van der Waals surface area contributed by atoms with Crippen molar-refractivity contribution >= 4 is 17.8 Å². The number of benzene rings is 3. The van der Waals surface area contributed by atoms with E-state index in [1.165, 1.54) is 22.0 Å². The van der Waals surface area contributed by atoms with E-state index in [1.54, 1.807) is 29.9 Å². The molecule has 2 heterocycles. The summed E-state index contributed by atoms with van der Waals surface area (Å²) in [4.78, 5) is 44.0. The molecule has 0 bridgehead atoms. The van der Waals surface area contributed by atoms with Gasteiger partial charge in [-0.2, -0.15) is 0 Å². The summed E-state index contributed by atoms with van der Waals surface area (Å²) < 4.78 is 13.7. The molecule has 2 aliphatic heterocycles. The fourth-order valence-corrected chi connectivity index (χ4v) is 5.19. The summed E-state index contributed by atoms with van der Waals surface area (Å²) in [5, 5.41) is 6.08. The third-order valence-corrected chi connectivity index (χ3v) is 7.11. The first kappa shape index (κ1) is 25.4. The number of piperazine rings is 1. The number of aryl methyl sites for hydroxylation is 1. The molecular weight excluding hydrogens is 485 g/mol. The number of nitrogens with one attached hydrogen (secondary N) is 1. The van der Waals surface area contributed by atoms with E-state index in [4.69, 9.17) is 0 Å². The van der Waals surface area contributed by atoms with Gasteiger partial charge in [0.1, 0.15) is 18.0 Å². The van der Waals surface area contributed by atoms with Crippen LogP contribution in [0.1, 0.15) is 28.3 Å². The minimum atomic E-state index is -0.888. The third kappa shape index (κ3) is 4.97. The average molecular weight is 516 g/mol. The van der Waals surface area contributed by atoms with Gasteiger partial charge in [0.05, 0.1) is 13.1 Å². The molecule has 196 valence electrons. The molecule has 3 aromatic rings. The topological polar surface area (TPSA) is 76.2 Å². The Labute approximate surface area is 221 Å². The molecule has 2 atom stereocenters. The Morgan fingerprint density at radius 2 is 1.68 bits per heavy atom. The van der Waals surface area contributed by atoms with Gasteiger partial charge in [-0.1, -0.05) is 66.7 Å². The first-order valence-corrected chi connectivity index (χ1v) is 12.6. The second kappa shape index (κ2) is 10.6. The normalized spacial score (nSPS) is 19.9. The number of carbonyl (C=O) groups excluding carboxylic acids is 3. The fourth-order valence-electron chi connectivity index (χ4n) is 5.19. The van der Waals surface area contributed by atoms with Crippen molar-refractivity contribution in [3.63, 3.8) is 0 Å². The molecule has 9 heteroatoms. The number of urea groups is 1. The lowest BCUT2D eigenvalue weighted by Crippen LogP contribution is -2.73. The van der Waals surface area contributed by atoms with Crippen molar-refractivity contribution in [2.75, 3.05) is 20.1 Å². The zero-order chi connectivity index (χ0) is 26.8. The van der Waals surface area contributed by atoms with E-state index in [2.05, 4.69) is 5.32 Å². The van der Waals surface area contributed by atoms with Crippen LogP contribution in [0.4, 0.5) is 9.18 Å². The summed E-state index contributed by atoms with van der Waals surface area (Å²) in [7, 11) is 1.69. The zero-order valence-electron chi connectivity index (χ0n) is 21.4. The van der Waals surface area contributed by atoms with Crippen molar-refractivity contribution in [2.45, 2.75) is 32.2 Å². The van der Waals surface area contributed by atoms with Crippen LogP contribution in [-0.2, 0) is 22.7 Å². The Balaban J connectivity index is 1.49. The van der Waals surface area contributed by atoms with Crippen LogP contribution in [0, 0.1) is 12.7 Å². The molecule has 2 aliphatic rings. The molecule has 0 saturated carbocycles. The first-order valence-electron chi connectivity index (χ1n) is 12.6. The first-order chi connectivity index (χ1) is 18.3. The van der Waals surface area contributed by atoms with Crippen LogP contribution in [-0.4, -0.2) is 64.0 Å². The molecule has 8 nitrogen and oxygen atoms in total. The van der Waals surface area contributed by atoms with Gasteiger partial charge in [-0.25, -0.2) is 19.2 Å². The highest BCUT2D eigenvalue weighted by Gasteiger charge is 2.51. The summed E-state index contributed by atoms with van der Waals surface area (Å²) in [6.07, 6.45) is -0.722. The molecular formula is C29H30FN5O3. The molecule has 0 radical (unpaired) electrons. The van der Waals surface area contributed by atoms with E-state index in [-0.39, 0.29) is 43.3 Å². The highest BCUT2D eigenvalue weighted by atomic mass is 19.1. The highest BCUT2D eigenvalue weighted by Crippen LogP contribution is 2.35. The van der Waals surface area contributed by atoms with E-state index in [0.29, 0.717) is 12.1 Å². The second-order valence-electron chi connectivity index (χ2n) is 9.69. The Bertz CT molecular complexity index is 1340. The van der Waals surface area contributed by atoms with Gasteiger partial charge < -0.3 is 15.1 Å². The lowest BCUT2D eigenvalue weighted by molar-refractivity contribution is -0.188. The smallest absolute Gasteiger partial charge is 0.333 e. The van der Waals surface area contributed by atoms with Gasteiger partial charge in [0.2, 0.25) is 5.91 Å². The summed E-state index contributed by atoms with van der Waals surface area (Å²) in [6.45, 7) is 2.44. The van der Waals surface area contributed by atoms with Gasteiger partial charge >= 0.3 is 6.03 Å². The molecule has 1 N–H and O–H groups in total. The van der Waals surface area contributed by atoms with Crippen LogP contribution in [0.5, 0.6) is 0 Å². The summed E-state index contributed by atoms with van der Waals surface area (Å²) in [5.74, 6) is -0.812. The van der Waals surface area contributed by atoms with E-state index >= 15 is 0 Å². The third-order valence-electron chi connectivity index (χ3n) is 7.11. The average Bonchev–Trinajstić information content (AvgIpc) is 2.91. The molecule has 5 rings (SSSR count). The number of hydrogen-bond acceptors (Lipinski definition) is 4. The predicted octanol–water partition coefficient (Wildman–Crippen LogP) is 3.44. The van der Waals surface area contributed by atoms with Crippen LogP contribution in [0.3, 0.4) is 0 Å². The molecule has 2 fully saturated rings. The van der Waals surface area contributed by atoms with Gasteiger partial charge in [0.15, 0.2) is 0 Å². The molecule has 3 aromatic carbocycles. The van der Waals surface area contributed by atoms with E-state index < -0.39 is 12.2 Å². The maximum atomic E-state index is 13.9. The number of likely N-dealkylation sites (N-methyl/N-ethyl adjacent to an activating group) is 1. The SMILES string of the molecule is Cc1cc(F)ccc1CN1C[C@H]2N(C(=O)CN(C)N2C(=O)NCc2ccccc2)[C@@H](c2ccccc2)C1=O. The Hall–Kier alpha value is -4.24. The van der Waals surface area contributed by atoms with Crippen molar-refractivity contribution in [3.05, 3.63) is 107 Å². The summed E-state index contributed by atoms with van der Waals surface area (Å²) in [6, 6.07) is 21.9. The lowest BCUT2D eigenvalue weighted by Gasteiger charge is -2.54. The van der Waals surface area contributed by atoms with Gasteiger partial charge in [0, 0.05) is 20.1 Å². The van der Waals surface area contributed by atoms with Crippen LogP contribution in [0.2, 0.25) is 0 Å². The number of hydrogen-bond donors (Lipinski definition) is 1. The number of rotatable bonds is 5. The van der Waals surface area contributed by atoms with Crippen molar-refractivity contribution in [1.29, 1.82) is 0 Å². The van der Waals surface area contributed by atoms with Crippen molar-refractivity contribution in [1.82, 2.24) is 25.1 Å². The van der Waals surface area contributed by atoms with Crippen molar-refractivity contribution in [2.24, 2.45) is 0 Å². The quantitative estimate of drug-likeness (QED) is 0.565. The molecule has 38 heavy (non-hydrogen) atoms. The molecule has 2 saturated heterocycles. The summed E-state index contributed by atoms with van der Waals surface area (Å²) >= 11 is 0. The van der Waals surface area contributed by atoms with Gasteiger partial charge in [-0.3, -0.25) is 9.59 Å². The van der Waals surface area contributed by atoms with E-state index in [1.807, 2.05) is 60.7 Å². The summed E-state index contributed by atoms with van der Waals surface area (Å²) in [5.41, 5.74) is 3.15. The fraction of sp³-hybridized carbons (Fsp3) is 0.276. The number of amides is 4. The minimum Gasteiger partial charge on any atom is -0.333 e. The van der Waals surface area contributed by atoms with Crippen LogP contribution in [0.25, 0.3) is 0 Å². The lowest BCUT2D eigenvalue weighted by atomic mass is 9.98. The molecule has 0 spiro atoms. The molecule has 4 amide bonds. The van der Waals surface area contributed by atoms with E-state index in [0.717, 1.165) is 16.7 Å². The van der Waals surface area contributed by atoms with Crippen LogP contribution in [0.15, 0.2) is 78.9 Å². The van der Waals surface area contributed by atoms with Crippen molar-refractivity contribution in [3.8, 4) is 0 Å². The number of nitrogens with zero attached hydrogens (tertiary/aromatic N) is 4. The standard InChI is InChI=1S/C29H30FN5O3/c1-20-15-24(30)14-13-23(20)17-33-18-25-34(27(28(33)37)22-11-7-4-8-12-22)26(36)19-32(2)35(25)29(38)31-16-21-9-5-3-6-10-21/h3-15,25,27H,16-19H2,1-2H3,(H,31,38)/t25-,27-/m0/s1. The van der Waals surface area contributed by atoms with Gasteiger partial charge in [0.25, 0.3) is 5.91 Å². The highest BCUT2D eigenvalue weighted by molar-refractivity contribution is 5.92. The number of hydrazine groups is 1. The maximum absolute atomic E-state index is 13.9. The Kier molecular flexibility index (Phi) is 7.11. The van der Waals surface area contributed by atoms with Crippen LogP contribution >= 0.6 is 0 Å². The Morgan fingerprint density at radius 1 is 1.00 bits per heavy atom. The largest absolute Gasteiger partial charge is 0.334 e. The zero-order valence-corrected chi connectivity index (χ0v) is 21.4. The van der Waals surface area contributed by atoms with Crippen LogP contribution < -0.4 is 5.32 Å². The molecule has 0 aromatic heterocycles. The number of carbonyl (C=O) groups is 3. The minimum absolute atomic E-state index is 0.0387. The number of halogens is 1. The van der Waals surface area contributed by atoms with Gasteiger partial charge in [-0.05, 0) is 41.3 Å². The van der Waals surface area contributed by atoms with Gasteiger partial charge in [-0.15, -0.1) is 0 Å². The Morgan fingerprint density at radius 3 is 2.37 bits per heavy atom. The van der Waals surface area contributed by atoms with Crippen molar-refractivity contribution < 1.29 is 18.8 Å². The molecule has 0 aliphatic carbocycles. The maximum Gasteiger partial charge on any atom is 0.334 e. The van der Waals surface area contributed by atoms with E-state index in [9.17, 15) is 18.8 Å². The monoisotopic (exact) mass is 515 g/mol.